The van der Waals surface area contributed by atoms with Crippen LogP contribution in [0.5, 0.6) is 0 Å². The molecule has 0 bridgehead atoms. The van der Waals surface area contributed by atoms with Crippen LogP contribution in [0.3, 0.4) is 0 Å². The van der Waals surface area contributed by atoms with Crippen LogP contribution in [-0.2, 0) is 21.2 Å². The number of rotatable bonds is 8. The summed E-state index contributed by atoms with van der Waals surface area (Å²) in [5, 5.41) is 4.13. The zero-order valence-corrected chi connectivity index (χ0v) is 21.4. The van der Waals surface area contributed by atoms with Gasteiger partial charge in [-0.3, -0.25) is 9.59 Å². The molecule has 0 aliphatic rings. The maximum atomic E-state index is 13.6. The first-order valence-electron chi connectivity index (χ1n) is 11.8. The van der Waals surface area contributed by atoms with Crippen molar-refractivity contribution in [1.29, 1.82) is 0 Å². The molecule has 0 aliphatic carbocycles. The number of carbonyl (C=O) groups is 2. The minimum atomic E-state index is -3.97. The molecule has 0 aliphatic heterocycles. The summed E-state index contributed by atoms with van der Waals surface area (Å²) in [7, 11) is -3.97. The van der Waals surface area contributed by atoms with E-state index >= 15 is 0 Å². The molecule has 8 heteroatoms. The molecular weight excluding hydrogens is 488 g/mol. The topological polar surface area (TPSA) is 101 Å². The maximum Gasteiger partial charge on any atom is 0.301 e. The number of benzene rings is 4. The van der Waals surface area contributed by atoms with Crippen LogP contribution >= 0.6 is 0 Å². The van der Waals surface area contributed by atoms with Crippen LogP contribution in [0, 0.1) is 11.8 Å². The highest BCUT2D eigenvalue weighted by Gasteiger charge is 2.21. The summed E-state index contributed by atoms with van der Waals surface area (Å²) in [4.78, 5) is 36.9. The van der Waals surface area contributed by atoms with E-state index in [4.69, 9.17) is 0 Å². The fourth-order valence-electron chi connectivity index (χ4n) is 4.31. The van der Waals surface area contributed by atoms with E-state index < -0.39 is 21.5 Å². The number of hydrogen-bond acceptors (Lipinski definition) is 5. The molecule has 4 aromatic rings. The first kappa shape index (κ1) is 25.9. The average Bonchev–Trinajstić information content (AvgIpc) is 2.91. The van der Waals surface area contributed by atoms with Gasteiger partial charge in [0.05, 0.1) is 10.5 Å². The zero-order chi connectivity index (χ0) is 26.6. The van der Waals surface area contributed by atoms with E-state index in [1.54, 1.807) is 17.0 Å². The second-order valence-corrected chi connectivity index (χ2v) is 10.8. The Kier molecular flexibility index (Phi) is 7.59. The highest BCUT2D eigenvalue weighted by Crippen LogP contribution is 2.26. The van der Waals surface area contributed by atoms with Crippen LogP contribution < -0.4 is 0 Å². The van der Waals surface area contributed by atoms with Gasteiger partial charge < -0.3 is 4.90 Å². The third kappa shape index (κ3) is 5.65. The molecule has 0 N–H and O–H groups in total. The van der Waals surface area contributed by atoms with E-state index in [0.29, 0.717) is 24.2 Å². The van der Waals surface area contributed by atoms with Crippen LogP contribution in [0.2, 0.25) is 0 Å². The SMILES string of the molecule is CCN(Cc1ccc(-c2cccc(S(=O)(=O)CC(=O)N=O)c2)cc1)C(=O)c1c(C)ccc2ccccc12. The van der Waals surface area contributed by atoms with E-state index in [1.807, 2.05) is 74.5 Å². The normalized spacial score (nSPS) is 11.3. The second-order valence-electron chi connectivity index (χ2n) is 8.77. The van der Waals surface area contributed by atoms with Gasteiger partial charge in [0.1, 0.15) is 5.75 Å². The van der Waals surface area contributed by atoms with Gasteiger partial charge in [0.15, 0.2) is 9.84 Å². The number of sulfone groups is 1. The Morgan fingerprint density at radius 3 is 2.30 bits per heavy atom. The lowest BCUT2D eigenvalue weighted by atomic mass is 9.98. The standard InChI is InChI=1S/C29H26N2O5S/c1-3-31(29(33)28-20(2)11-14-23-7-4-5-10-26(23)28)18-21-12-15-22(16-13-21)24-8-6-9-25(17-24)37(35,36)19-27(32)30-34/h4-17H,3,18-19H2,1-2H3. The number of nitrogens with zero attached hydrogens (tertiary/aromatic N) is 2. The minimum Gasteiger partial charge on any atom is -0.335 e. The van der Waals surface area contributed by atoms with Crippen molar-refractivity contribution in [1.82, 2.24) is 4.90 Å². The van der Waals surface area contributed by atoms with Gasteiger partial charge in [-0.05, 0) is 59.0 Å². The third-order valence-electron chi connectivity index (χ3n) is 6.29. The number of carbonyl (C=O) groups excluding carboxylic acids is 2. The lowest BCUT2D eigenvalue weighted by molar-refractivity contribution is -0.115. The molecule has 0 saturated heterocycles. The third-order valence-corrected chi connectivity index (χ3v) is 7.89. The largest absolute Gasteiger partial charge is 0.335 e. The lowest BCUT2D eigenvalue weighted by Gasteiger charge is -2.23. The number of nitroso groups, excluding NO2 is 1. The maximum absolute atomic E-state index is 13.6. The predicted octanol–water partition coefficient (Wildman–Crippen LogP) is 5.54. The molecule has 0 radical (unpaired) electrons. The molecule has 0 fully saturated rings. The van der Waals surface area contributed by atoms with Gasteiger partial charge in [-0.2, -0.15) is 0 Å². The van der Waals surface area contributed by atoms with E-state index in [-0.39, 0.29) is 10.8 Å². The summed E-state index contributed by atoms with van der Waals surface area (Å²) >= 11 is 0. The van der Waals surface area contributed by atoms with Crippen LogP contribution in [0.1, 0.15) is 28.4 Å². The first-order valence-corrected chi connectivity index (χ1v) is 13.4. The average molecular weight is 515 g/mol. The molecular formula is C29H26N2O5S. The summed E-state index contributed by atoms with van der Waals surface area (Å²) in [5.74, 6) is -2.22. The highest BCUT2D eigenvalue weighted by atomic mass is 32.2. The quantitative estimate of drug-likeness (QED) is 0.287. The first-order chi connectivity index (χ1) is 17.7. The predicted molar refractivity (Wildman–Crippen MR) is 144 cm³/mol. The van der Waals surface area contributed by atoms with Crippen LogP contribution in [0.4, 0.5) is 0 Å². The fourth-order valence-corrected chi connectivity index (χ4v) is 5.45. The van der Waals surface area contributed by atoms with E-state index in [0.717, 1.165) is 27.5 Å². The van der Waals surface area contributed by atoms with Gasteiger partial charge in [0, 0.05) is 18.3 Å². The van der Waals surface area contributed by atoms with Gasteiger partial charge in [0.25, 0.3) is 5.91 Å². The van der Waals surface area contributed by atoms with Crippen molar-refractivity contribution in [3.05, 3.63) is 107 Å². The van der Waals surface area contributed by atoms with Gasteiger partial charge in [0.2, 0.25) is 0 Å². The van der Waals surface area contributed by atoms with Crippen molar-refractivity contribution in [2.45, 2.75) is 25.3 Å². The Morgan fingerprint density at radius 1 is 0.865 bits per heavy atom. The van der Waals surface area contributed by atoms with Crippen LogP contribution in [0.15, 0.2) is 95.0 Å². The molecule has 0 unspecified atom stereocenters. The molecule has 37 heavy (non-hydrogen) atoms. The number of fused-ring (bicyclic) bond motifs is 1. The van der Waals surface area contributed by atoms with E-state index in [1.165, 1.54) is 12.1 Å². The van der Waals surface area contributed by atoms with Gasteiger partial charge in [-0.1, -0.05) is 72.8 Å². The molecule has 0 atom stereocenters. The summed E-state index contributed by atoms with van der Waals surface area (Å²) in [6.45, 7) is 4.86. The Morgan fingerprint density at radius 2 is 1.59 bits per heavy atom. The Labute approximate surface area is 215 Å². The second kappa shape index (κ2) is 10.8. The van der Waals surface area contributed by atoms with Gasteiger partial charge in [-0.25, -0.2) is 8.42 Å². The summed E-state index contributed by atoms with van der Waals surface area (Å²) in [6.07, 6.45) is 0. The smallest absolute Gasteiger partial charge is 0.301 e. The summed E-state index contributed by atoms with van der Waals surface area (Å²) in [5.41, 5.74) is 3.99. The van der Waals surface area contributed by atoms with Crippen molar-refractivity contribution >= 4 is 32.4 Å². The fraction of sp³-hybridized carbons (Fsp3) is 0.172. The van der Waals surface area contributed by atoms with E-state index in [2.05, 4.69) is 5.18 Å². The Bertz CT molecular complexity index is 1590. The number of amides is 2. The van der Waals surface area contributed by atoms with Crippen molar-refractivity contribution in [2.75, 3.05) is 12.3 Å². The zero-order valence-electron chi connectivity index (χ0n) is 20.5. The molecule has 2 amide bonds. The molecule has 0 saturated carbocycles. The Balaban J connectivity index is 1.56. The van der Waals surface area contributed by atoms with E-state index in [9.17, 15) is 22.9 Å². The molecule has 0 spiro atoms. The summed E-state index contributed by atoms with van der Waals surface area (Å²) in [6, 6.07) is 25.6. The lowest BCUT2D eigenvalue weighted by Crippen LogP contribution is -2.31. The van der Waals surface area contributed by atoms with Crippen molar-refractivity contribution in [3.63, 3.8) is 0 Å². The van der Waals surface area contributed by atoms with Gasteiger partial charge in [-0.15, -0.1) is 4.91 Å². The number of hydrogen-bond donors (Lipinski definition) is 0. The number of aryl methyl sites for hydroxylation is 1. The molecule has 0 aromatic heterocycles. The molecule has 4 aromatic carbocycles. The van der Waals surface area contributed by atoms with Crippen molar-refractivity contribution in [2.24, 2.45) is 5.18 Å². The van der Waals surface area contributed by atoms with Gasteiger partial charge >= 0.3 is 5.91 Å². The monoisotopic (exact) mass is 514 g/mol. The minimum absolute atomic E-state index is 0.0295. The van der Waals surface area contributed by atoms with Crippen molar-refractivity contribution in [3.8, 4) is 11.1 Å². The van der Waals surface area contributed by atoms with Crippen LogP contribution in [-0.4, -0.2) is 37.4 Å². The molecule has 4 rings (SSSR count). The summed E-state index contributed by atoms with van der Waals surface area (Å²) < 4.78 is 24.8. The van der Waals surface area contributed by atoms with Crippen LogP contribution in [0.25, 0.3) is 21.9 Å². The Hall–Kier alpha value is -4.17. The molecule has 188 valence electrons. The molecule has 7 nitrogen and oxygen atoms in total. The highest BCUT2D eigenvalue weighted by molar-refractivity contribution is 7.92. The van der Waals surface area contributed by atoms with Crippen molar-refractivity contribution < 1.29 is 18.0 Å². The molecule has 0 heterocycles.